The number of aliphatic hydroxyl groups is 1. The Morgan fingerprint density at radius 3 is 2.39 bits per heavy atom. The summed E-state index contributed by atoms with van der Waals surface area (Å²) < 4.78 is 50.8. The van der Waals surface area contributed by atoms with Crippen LogP contribution in [0.5, 0.6) is 0 Å². The van der Waals surface area contributed by atoms with Gasteiger partial charge in [-0.25, -0.2) is 18.5 Å². The molecule has 0 saturated carbocycles. The quantitative estimate of drug-likeness (QED) is 0.250. The van der Waals surface area contributed by atoms with Crippen LogP contribution < -0.4 is 11.4 Å². The maximum atomic E-state index is 11.8. The van der Waals surface area contributed by atoms with Crippen LogP contribution in [-0.4, -0.2) is 46.9 Å². The van der Waals surface area contributed by atoms with Crippen molar-refractivity contribution in [1.29, 1.82) is 0 Å². The lowest BCUT2D eigenvalue weighted by Gasteiger charge is -2.19. The molecule has 2 rings (SSSR count). The van der Waals surface area contributed by atoms with E-state index < -0.39 is 48.1 Å². The maximum absolute atomic E-state index is 11.8. The first-order chi connectivity index (χ1) is 12.7. The highest BCUT2D eigenvalue weighted by Gasteiger charge is 2.41. The average Bonchev–Trinajstić information content (AvgIpc) is 2.82. The molecule has 1 aliphatic rings. The first-order valence-corrected chi connectivity index (χ1v) is 11.4. The Hall–Kier alpha value is -1.41. The molecular formula is C9H14N3O13P3. The minimum absolute atomic E-state index is 0.0745. The monoisotopic (exact) mass is 465 g/mol. The van der Waals surface area contributed by atoms with Gasteiger partial charge in [0.1, 0.15) is 24.3 Å². The molecule has 16 nitrogen and oxygen atoms in total. The van der Waals surface area contributed by atoms with Crippen LogP contribution in [0.25, 0.3) is 0 Å². The summed E-state index contributed by atoms with van der Waals surface area (Å²) in [5.74, 6) is -0.350. The number of aliphatic hydroxyl groups excluding tert-OH is 1. The van der Waals surface area contributed by atoms with Crippen LogP contribution >= 0.6 is 23.5 Å². The van der Waals surface area contributed by atoms with Gasteiger partial charge in [0.25, 0.3) is 0 Å². The van der Waals surface area contributed by atoms with E-state index in [-0.39, 0.29) is 11.6 Å². The summed E-state index contributed by atoms with van der Waals surface area (Å²) in [5.41, 5.74) is 4.48. The maximum Gasteiger partial charge on any atom is 0.490 e. The van der Waals surface area contributed by atoms with Gasteiger partial charge in [0.05, 0.1) is 0 Å². The number of ether oxygens (including phenoxy) is 1. The molecule has 19 heteroatoms. The van der Waals surface area contributed by atoms with Crippen molar-refractivity contribution in [3.63, 3.8) is 0 Å². The largest absolute Gasteiger partial charge is 0.490 e. The van der Waals surface area contributed by atoms with Crippen LogP contribution in [0.4, 0.5) is 5.82 Å². The Kier molecular flexibility index (Phi) is 6.65. The van der Waals surface area contributed by atoms with E-state index in [1.165, 1.54) is 12.3 Å². The van der Waals surface area contributed by atoms with Gasteiger partial charge in [-0.3, -0.25) is 9.09 Å². The average molecular weight is 465 g/mol. The zero-order chi connectivity index (χ0) is 21.3. The van der Waals surface area contributed by atoms with E-state index in [0.717, 1.165) is 10.6 Å². The number of anilines is 1. The Balaban J connectivity index is 2.00. The molecule has 1 aliphatic heterocycles. The van der Waals surface area contributed by atoms with E-state index in [9.17, 15) is 28.5 Å². The van der Waals surface area contributed by atoms with Crippen LogP contribution in [0.1, 0.15) is 6.23 Å². The lowest BCUT2D eigenvalue weighted by Crippen LogP contribution is -2.32. The molecule has 7 N–H and O–H groups in total. The number of nitrogen functional groups attached to an aromatic ring is 1. The van der Waals surface area contributed by atoms with Gasteiger partial charge in [-0.05, 0) is 12.1 Å². The zero-order valence-electron chi connectivity index (χ0n) is 13.4. The third kappa shape index (κ3) is 6.58. The van der Waals surface area contributed by atoms with Gasteiger partial charge in [-0.2, -0.15) is 13.6 Å². The zero-order valence-corrected chi connectivity index (χ0v) is 16.1. The molecular weight excluding hydrogens is 451 g/mol. The fraction of sp³-hybridized carbons (Fsp3) is 0.333. The molecule has 0 aliphatic carbocycles. The second-order valence-corrected chi connectivity index (χ2v) is 9.46. The SMILES string of the molecule is Nc1ccn([C@@H]2OC(COP(=O)(O)OP(=O)(O)OP(=O)(O)O)=CC2O)c(=O)n1. The fourth-order valence-electron chi connectivity index (χ4n) is 1.91. The molecule has 0 amide bonds. The summed E-state index contributed by atoms with van der Waals surface area (Å²) in [7, 11) is -16.5. The van der Waals surface area contributed by atoms with Crippen molar-refractivity contribution in [2.24, 2.45) is 0 Å². The van der Waals surface area contributed by atoms with Gasteiger partial charge in [0.2, 0.25) is 6.23 Å². The highest BCUT2D eigenvalue weighted by Crippen LogP contribution is 2.66. The van der Waals surface area contributed by atoms with Gasteiger partial charge in [0, 0.05) is 6.20 Å². The molecule has 2 heterocycles. The number of nitrogens with two attached hydrogens (primary N) is 1. The number of hydrogen-bond acceptors (Lipinski definition) is 11. The van der Waals surface area contributed by atoms with Crippen LogP contribution in [0.3, 0.4) is 0 Å². The van der Waals surface area contributed by atoms with Crippen molar-refractivity contribution in [2.75, 3.05) is 12.3 Å². The van der Waals surface area contributed by atoms with Gasteiger partial charge in [-0.1, -0.05) is 0 Å². The minimum atomic E-state index is -5.66. The second-order valence-electron chi connectivity index (χ2n) is 5.04. The molecule has 0 spiro atoms. The summed E-state index contributed by atoms with van der Waals surface area (Å²) in [6, 6.07) is 1.25. The van der Waals surface area contributed by atoms with Crippen molar-refractivity contribution >= 4 is 29.3 Å². The molecule has 4 atom stereocenters. The van der Waals surface area contributed by atoms with E-state index in [4.69, 9.17) is 25.2 Å². The van der Waals surface area contributed by atoms with Crippen molar-refractivity contribution in [3.05, 3.63) is 34.6 Å². The lowest BCUT2D eigenvalue weighted by molar-refractivity contribution is -0.0103. The minimum Gasteiger partial charge on any atom is -0.469 e. The van der Waals surface area contributed by atoms with Crippen LogP contribution in [-0.2, 0) is 31.6 Å². The Morgan fingerprint density at radius 2 is 1.82 bits per heavy atom. The summed E-state index contributed by atoms with van der Waals surface area (Å²) in [6.45, 7) is -0.894. The molecule has 0 bridgehead atoms. The number of rotatable bonds is 8. The number of nitrogens with zero attached hydrogens (tertiary/aromatic N) is 2. The van der Waals surface area contributed by atoms with Crippen molar-refractivity contribution in [3.8, 4) is 0 Å². The molecule has 28 heavy (non-hydrogen) atoms. The predicted octanol–water partition coefficient (Wildman–Crippen LogP) is -1.06. The fourth-order valence-corrected chi connectivity index (χ4v) is 4.89. The van der Waals surface area contributed by atoms with Crippen molar-refractivity contribution < 1.29 is 56.3 Å². The van der Waals surface area contributed by atoms with E-state index in [1.54, 1.807) is 0 Å². The van der Waals surface area contributed by atoms with E-state index in [0.29, 0.717) is 0 Å². The predicted molar refractivity (Wildman–Crippen MR) is 86.9 cm³/mol. The van der Waals surface area contributed by atoms with E-state index >= 15 is 0 Å². The molecule has 0 radical (unpaired) electrons. The summed E-state index contributed by atoms with van der Waals surface area (Å²) in [5, 5.41) is 9.92. The van der Waals surface area contributed by atoms with Crippen molar-refractivity contribution in [1.82, 2.24) is 9.55 Å². The topological polar surface area (TPSA) is 250 Å². The molecule has 1 aromatic heterocycles. The summed E-state index contributed by atoms with van der Waals surface area (Å²) in [4.78, 5) is 50.4. The smallest absolute Gasteiger partial charge is 0.469 e. The van der Waals surface area contributed by atoms with Crippen LogP contribution in [0, 0.1) is 0 Å². The number of phosphoric acid groups is 3. The summed E-state index contributed by atoms with van der Waals surface area (Å²) in [6.07, 6.45) is -0.529. The second kappa shape index (κ2) is 8.14. The number of phosphoric ester groups is 1. The standard InChI is InChI=1S/C9H14N3O13P3/c10-7-1-2-12(9(14)11-7)8-6(13)3-5(23-8)4-22-27(18,19)25-28(20,21)24-26(15,16)17/h1-3,6,8,13H,4H2,(H,18,19)(H,20,21)(H2,10,11,14)(H2,15,16,17)/t6?,8-/m1/s1. The number of hydrogen-bond donors (Lipinski definition) is 6. The highest BCUT2D eigenvalue weighted by molar-refractivity contribution is 7.66. The Bertz CT molecular complexity index is 969. The van der Waals surface area contributed by atoms with E-state index in [2.05, 4.69) is 18.1 Å². The van der Waals surface area contributed by atoms with E-state index in [1.807, 2.05) is 0 Å². The normalized spacial score (nSPS) is 24.1. The van der Waals surface area contributed by atoms with Gasteiger partial charge >= 0.3 is 29.2 Å². The molecule has 0 fully saturated rings. The molecule has 158 valence electrons. The lowest BCUT2D eigenvalue weighted by atomic mass is 10.3. The first kappa shape index (κ1) is 22.9. The molecule has 1 aromatic rings. The third-order valence-electron chi connectivity index (χ3n) is 2.83. The van der Waals surface area contributed by atoms with Crippen molar-refractivity contribution in [2.45, 2.75) is 12.3 Å². The van der Waals surface area contributed by atoms with Gasteiger partial charge in [0.15, 0.2) is 0 Å². The molecule has 0 aromatic carbocycles. The van der Waals surface area contributed by atoms with Gasteiger partial charge in [-0.15, -0.1) is 0 Å². The highest BCUT2D eigenvalue weighted by atomic mass is 31.3. The molecule has 0 saturated heterocycles. The number of aromatic nitrogens is 2. The first-order valence-electron chi connectivity index (χ1n) is 6.86. The molecule has 3 unspecified atom stereocenters. The Labute approximate surface area is 155 Å². The van der Waals surface area contributed by atoms with Crippen LogP contribution in [0.15, 0.2) is 28.9 Å². The van der Waals surface area contributed by atoms with Crippen LogP contribution in [0.2, 0.25) is 0 Å². The Morgan fingerprint density at radius 1 is 1.18 bits per heavy atom. The third-order valence-corrected chi connectivity index (χ3v) is 6.62. The summed E-state index contributed by atoms with van der Waals surface area (Å²) >= 11 is 0. The van der Waals surface area contributed by atoms with Gasteiger partial charge < -0.3 is 35.2 Å².